The average Bonchev–Trinajstić information content (AvgIpc) is 2.80. The van der Waals surface area contributed by atoms with E-state index in [-0.39, 0.29) is 0 Å². The Bertz CT molecular complexity index is 1110. The number of piperazine rings is 1. The molecule has 0 radical (unpaired) electrons. The van der Waals surface area contributed by atoms with Crippen molar-refractivity contribution in [3.8, 4) is 0 Å². The minimum absolute atomic E-state index is 0.297. The van der Waals surface area contributed by atoms with Crippen molar-refractivity contribution in [3.63, 3.8) is 0 Å². The Morgan fingerprint density at radius 2 is 1.73 bits per heavy atom. The second-order valence-electron chi connectivity index (χ2n) is 8.21. The summed E-state index contributed by atoms with van der Waals surface area (Å²) in [5.41, 5.74) is 8.26. The van der Waals surface area contributed by atoms with Crippen LogP contribution in [0.1, 0.15) is 10.4 Å². The second-order valence-corrected chi connectivity index (χ2v) is 8.21. The van der Waals surface area contributed by atoms with Gasteiger partial charge in [-0.2, -0.15) is 0 Å². The molecule has 0 unspecified atom stereocenters. The summed E-state index contributed by atoms with van der Waals surface area (Å²) in [6, 6.07) is 13.4. The number of anilines is 6. The maximum Gasteiger partial charge on any atom is 0.252 e. The Morgan fingerprint density at radius 3 is 2.39 bits per heavy atom. The molecule has 1 aromatic carbocycles. The molecular weight excluding hydrogens is 418 g/mol. The molecule has 1 aliphatic rings. The standard InChI is InChI=1S/C23H29N9O/c1-30(2)19-7-5-4-6-17(19)26-18-14-21(25-15-16(18)23(24)33)27-20-8-9-22(29-28-20)32-12-10-31(3)11-13-32/h4-9,14-15H,10-13H2,1-3H3,(H2,24,33)(H2,25,26,27,28). The van der Waals surface area contributed by atoms with E-state index in [1.54, 1.807) is 6.07 Å². The molecule has 0 aliphatic carbocycles. The molecule has 1 aliphatic heterocycles. The van der Waals surface area contributed by atoms with E-state index in [1.165, 1.54) is 6.20 Å². The number of para-hydroxylation sites is 2. The number of pyridine rings is 1. The Hall–Kier alpha value is -3.92. The van der Waals surface area contributed by atoms with E-state index in [0.29, 0.717) is 22.9 Å². The molecule has 4 rings (SSSR count). The van der Waals surface area contributed by atoms with Gasteiger partial charge in [-0.05, 0) is 31.3 Å². The van der Waals surface area contributed by atoms with Gasteiger partial charge in [0.1, 0.15) is 5.82 Å². The maximum absolute atomic E-state index is 12.0. The third kappa shape index (κ3) is 5.29. The first kappa shape index (κ1) is 22.3. The molecule has 2 aromatic heterocycles. The number of benzene rings is 1. The summed E-state index contributed by atoms with van der Waals surface area (Å²) < 4.78 is 0. The minimum Gasteiger partial charge on any atom is -0.376 e. The van der Waals surface area contributed by atoms with Gasteiger partial charge in [0.15, 0.2) is 11.6 Å². The van der Waals surface area contributed by atoms with Gasteiger partial charge in [-0.1, -0.05) is 12.1 Å². The number of aromatic nitrogens is 3. The molecule has 10 nitrogen and oxygen atoms in total. The monoisotopic (exact) mass is 447 g/mol. The van der Waals surface area contributed by atoms with Crippen LogP contribution in [0.2, 0.25) is 0 Å². The molecular formula is C23H29N9O. The predicted molar refractivity (Wildman–Crippen MR) is 132 cm³/mol. The number of nitrogens with one attached hydrogen (secondary N) is 2. The van der Waals surface area contributed by atoms with Gasteiger partial charge in [0.05, 0.1) is 22.6 Å². The van der Waals surface area contributed by atoms with Crippen molar-refractivity contribution in [2.24, 2.45) is 5.73 Å². The van der Waals surface area contributed by atoms with Crippen LogP contribution in [0.5, 0.6) is 0 Å². The lowest BCUT2D eigenvalue weighted by Gasteiger charge is -2.32. The van der Waals surface area contributed by atoms with E-state index in [9.17, 15) is 4.79 Å². The molecule has 172 valence electrons. The zero-order chi connectivity index (χ0) is 23.4. The SMILES string of the molecule is CN1CCN(c2ccc(Nc3cc(Nc4ccccc4N(C)C)c(C(N)=O)cn3)nn2)CC1. The van der Waals surface area contributed by atoms with E-state index in [2.05, 4.69) is 42.7 Å². The van der Waals surface area contributed by atoms with Crippen molar-refractivity contribution in [2.45, 2.75) is 0 Å². The van der Waals surface area contributed by atoms with Gasteiger partial charge in [-0.3, -0.25) is 4.79 Å². The summed E-state index contributed by atoms with van der Waals surface area (Å²) in [4.78, 5) is 22.8. The second kappa shape index (κ2) is 9.70. The first-order valence-electron chi connectivity index (χ1n) is 10.8. The van der Waals surface area contributed by atoms with Gasteiger partial charge in [-0.15, -0.1) is 10.2 Å². The number of hydrogen-bond acceptors (Lipinski definition) is 9. The van der Waals surface area contributed by atoms with Crippen LogP contribution in [-0.4, -0.2) is 73.3 Å². The van der Waals surface area contributed by atoms with Gasteiger partial charge in [0.25, 0.3) is 5.91 Å². The van der Waals surface area contributed by atoms with Gasteiger partial charge in [0.2, 0.25) is 0 Å². The molecule has 10 heteroatoms. The van der Waals surface area contributed by atoms with Gasteiger partial charge in [0, 0.05) is 52.5 Å². The highest BCUT2D eigenvalue weighted by molar-refractivity contribution is 6.00. The lowest BCUT2D eigenvalue weighted by atomic mass is 10.2. The van der Waals surface area contributed by atoms with Crippen molar-refractivity contribution in [3.05, 3.63) is 54.2 Å². The maximum atomic E-state index is 12.0. The van der Waals surface area contributed by atoms with E-state index in [4.69, 9.17) is 5.73 Å². The first-order chi connectivity index (χ1) is 15.9. The Morgan fingerprint density at radius 1 is 0.970 bits per heavy atom. The van der Waals surface area contributed by atoms with Gasteiger partial charge in [-0.25, -0.2) is 4.98 Å². The molecule has 33 heavy (non-hydrogen) atoms. The lowest BCUT2D eigenvalue weighted by Crippen LogP contribution is -2.44. The molecule has 0 bridgehead atoms. The number of primary amides is 1. The summed E-state index contributed by atoms with van der Waals surface area (Å²) in [6.07, 6.45) is 1.46. The van der Waals surface area contributed by atoms with Gasteiger partial charge < -0.3 is 31.1 Å². The van der Waals surface area contributed by atoms with E-state index < -0.39 is 5.91 Å². The molecule has 4 N–H and O–H groups in total. The summed E-state index contributed by atoms with van der Waals surface area (Å²) in [5.74, 6) is 1.38. The van der Waals surface area contributed by atoms with Crippen LogP contribution in [0.25, 0.3) is 0 Å². The summed E-state index contributed by atoms with van der Waals surface area (Å²) in [7, 11) is 6.04. The third-order valence-corrected chi connectivity index (χ3v) is 5.56. The highest BCUT2D eigenvalue weighted by Crippen LogP contribution is 2.30. The largest absolute Gasteiger partial charge is 0.376 e. The summed E-state index contributed by atoms with van der Waals surface area (Å²) in [5, 5.41) is 15.1. The fraction of sp³-hybridized carbons (Fsp3) is 0.304. The Kier molecular flexibility index (Phi) is 6.55. The average molecular weight is 448 g/mol. The quantitative estimate of drug-likeness (QED) is 0.502. The first-order valence-corrected chi connectivity index (χ1v) is 10.8. The fourth-order valence-corrected chi connectivity index (χ4v) is 3.67. The number of nitrogens with zero attached hydrogens (tertiary/aromatic N) is 6. The molecule has 3 heterocycles. The molecule has 0 atom stereocenters. The number of nitrogens with two attached hydrogens (primary N) is 1. The number of hydrogen-bond donors (Lipinski definition) is 3. The normalized spacial score (nSPS) is 14.1. The zero-order valence-corrected chi connectivity index (χ0v) is 19.1. The van der Waals surface area contributed by atoms with Crippen molar-refractivity contribution in [1.29, 1.82) is 0 Å². The van der Waals surface area contributed by atoms with Crippen molar-refractivity contribution in [2.75, 3.05) is 67.8 Å². The number of carbonyl (C=O) groups excluding carboxylic acids is 1. The van der Waals surface area contributed by atoms with Gasteiger partial charge >= 0.3 is 0 Å². The van der Waals surface area contributed by atoms with E-state index in [1.807, 2.05) is 55.4 Å². The van der Waals surface area contributed by atoms with Crippen LogP contribution in [0, 0.1) is 0 Å². The Labute approximate surface area is 193 Å². The molecule has 1 amide bonds. The molecule has 1 fully saturated rings. The van der Waals surface area contributed by atoms with Crippen LogP contribution in [-0.2, 0) is 0 Å². The molecule has 0 spiro atoms. The Balaban J connectivity index is 1.54. The zero-order valence-electron chi connectivity index (χ0n) is 19.1. The van der Waals surface area contributed by atoms with Crippen molar-refractivity contribution < 1.29 is 4.79 Å². The van der Waals surface area contributed by atoms with Crippen molar-refractivity contribution in [1.82, 2.24) is 20.1 Å². The predicted octanol–water partition coefficient (Wildman–Crippen LogP) is 2.28. The number of carbonyl (C=O) groups is 1. The third-order valence-electron chi connectivity index (χ3n) is 5.56. The highest BCUT2D eigenvalue weighted by atomic mass is 16.1. The topological polar surface area (TPSA) is 116 Å². The van der Waals surface area contributed by atoms with Crippen LogP contribution >= 0.6 is 0 Å². The van der Waals surface area contributed by atoms with Crippen LogP contribution < -0.4 is 26.2 Å². The molecule has 0 saturated carbocycles. The highest BCUT2D eigenvalue weighted by Gasteiger charge is 2.16. The molecule has 3 aromatic rings. The summed E-state index contributed by atoms with van der Waals surface area (Å²) in [6.45, 7) is 3.87. The number of rotatable bonds is 7. The fourth-order valence-electron chi connectivity index (χ4n) is 3.67. The van der Waals surface area contributed by atoms with E-state index >= 15 is 0 Å². The van der Waals surface area contributed by atoms with E-state index in [0.717, 1.165) is 43.4 Å². The molecule has 1 saturated heterocycles. The van der Waals surface area contributed by atoms with Crippen molar-refractivity contribution >= 4 is 40.4 Å². The smallest absolute Gasteiger partial charge is 0.252 e. The minimum atomic E-state index is -0.560. The van der Waals surface area contributed by atoms with Crippen LogP contribution in [0.15, 0.2) is 48.7 Å². The van der Waals surface area contributed by atoms with Crippen LogP contribution in [0.3, 0.4) is 0 Å². The van der Waals surface area contributed by atoms with Crippen LogP contribution in [0.4, 0.5) is 34.5 Å². The number of amides is 1. The summed E-state index contributed by atoms with van der Waals surface area (Å²) >= 11 is 0. The number of likely N-dealkylation sites (N-methyl/N-ethyl adjacent to an activating group) is 1. The lowest BCUT2D eigenvalue weighted by molar-refractivity contribution is 0.100.